The number of hydrogen-bond acceptors (Lipinski definition) is 5. The summed E-state index contributed by atoms with van der Waals surface area (Å²) < 4.78 is 29.7. The van der Waals surface area contributed by atoms with E-state index in [-0.39, 0.29) is 41.4 Å². The average Bonchev–Trinajstić information content (AvgIpc) is 3.44. The van der Waals surface area contributed by atoms with Gasteiger partial charge in [-0.3, -0.25) is 9.78 Å². The Morgan fingerprint density at radius 1 is 1.13 bits per heavy atom. The van der Waals surface area contributed by atoms with Crippen LogP contribution in [0.2, 0.25) is 0 Å². The molecule has 208 valence electrons. The van der Waals surface area contributed by atoms with Crippen molar-refractivity contribution in [1.29, 1.82) is 0 Å². The van der Waals surface area contributed by atoms with Gasteiger partial charge in [0.2, 0.25) is 15.9 Å². The molecule has 1 amide bonds. The molecule has 2 saturated carbocycles. The van der Waals surface area contributed by atoms with E-state index in [0.29, 0.717) is 25.9 Å². The van der Waals surface area contributed by atoms with Crippen LogP contribution in [0.1, 0.15) is 62.6 Å². The SMILES string of the molecule is CC1(C)[C@@H]2CC[C@@]1(CS(=O)(=O)N1CCC3(C=Cc4ccccc43)CC1)[C@@](O)(CNC(=O)Cc1cccnc1)C2. The summed E-state index contributed by atoms with van der Waals surface area (Å²) >= 11 is 0. The van der Waals surface area contributed by atoms with Crippen LogP contribution in [0.4, 0.5) is 0 Å². The molecule has 6 rings (SSSR count). The molecule has 0 radical (unpaired) electrons. The zero-order valence-corrected chi connectivity index (χ0v) is 23.7. The first-order chi connectivity index (χ1) is 18.5. The van der Waals surface area contributed by atoms with Crippen molar-refractivity contribution in [1.82, 2.24) is 14.6 Å². The number of pyridine rings is 1. The maximum Gasteiger partial charge on any atom is 0.224 e. The molecule has 3 fully saturated rings. The van der Waals surface area contributed by atoms with E-state index in [1.54, 1.807) is 22.8 Å². The van der Waals surface area contributed by atoms with Gasteiger partial charge in [-0.05, 0) is 66.2 Å². The second-order valence-corrected chi connectivity index (χ2v) is 14.8. The van der Waals surface area contributed by atoms with Gasteiger partial charge in [-0.25, -0.2) is 12.7 Å². The van der Waals surface area contributed by atoms with Gasteiger partial charge in [0.15, 0.2) is 0 Å². The number of carbonyl (C=O) groups excluding carboxylic acids is 1. The molecule has 1 aromatic heterocycles. The lowest BCUT2D eigenvalue weighted by Gasteiger charge is -2.49. The van der Waals surface area contributed by atoms with Gasteiger partial charge in [0.25, 0.3) is 0 Å². The number of nitrogens with zero attached hydrogens (tertiary/aromatic N) is 2. The van der Waals surface area contributed by atoms with E-state index in [0.717, 1.165) is 24.8 Å². The summed E-state index contributed by atoms with van der Waals surface area (Å²) in [6.45, 7) is 5.23. The lowest BCUT2D eigenvalue weighted by molar-refractivity contribution is -0.125. The third kappa shape index (κ3) is 4.18. The summed E-state index contributed by atoms with van der Waals surface area (Å²) in [7, 11) is -3.64. The summed E-state index contributed by atoms with van der Waals surface area (Å²) in [4.78, 5) is 16.8. The molecular weight excluding hydrogens is 510 g/mol. The van der Waals surface area contributed by atoms with Gasteiger partial charge < -0.3 is 10.4 Å². The van der Waals surface area contributed by atoms with Gasteiger partial charge in [0, 0.05) is 42.9 Å². The van der Waals surface area contributed by atoms with Crippen LogP contribution in [-0.2, 0) is 26.7 Å². The monoisotopic (exact) mass is 549 g/mol. The summed E-state index contributed by atoms with van der Waals surface area (Å²) in [6, 6.07) is 12.0. The molecule has 2 heterocycles. The number of hydrogen-bond donors (Lipinski definition) is 2. The third-order valence-corrected chi connectivity index (χ3v) is 12.8. The van der Waals surface area contributed by atoms with Crippen molar-refractivity contribution in [3.05, 3.63) is 71.6 Å². The van der Waals surface area contributed by atoms with Crippen molar-refractivity contribution >= 4 is 22.0 Å². The number of rotatable bonds is 7. The van der Waals surface area contributed by atoms with Gasteiger partial charge in [0.1, 0.15) is 0 Å². The summed E-state index contributed by atoms with van der Waals surface area (Å²) in [5, 5.41) is 15.0. The highest BCUT2D eigenvalue weighted by Gasteiger charge is 2.72. The van der Waals surface area contributed by atoms with Crippen LogP contribution in [0, 0.1) is 16.7 Å². The zero-order valence-electron chi connectivity index (χ0n) is 22.9. The predicted octanol–water partition coefficient (Wildman–Crippen LogP) is 3.69. The molecular formula is C31H39N3O4S. The Morgan fingerprint density at radius 2 is 1.90 bits per heavy atom. The number of aromatic nitrogens is 1. The Balaban J connectivity index is 1.18. The van der Waals surface area contributed by atoms with E-state index in [9.17, 15) is 18.3 Å². The molecule has 7 nitrogen and oxygen atoms in total. The first kappa shape index (κ1) is 26.7. The van der Waals surface area contributed by atoms with Gasteiger partial charge in [-0.1, -0.05) is 56.3 Å². The number of benzene rings is 1. The summed E-state index contributed by atoms with van der Waals surface area (Å²) in [6.07, 6.45) is 11.5. The zero-order chi connectivity index (χ0) is 27.5. The molecule has 4 aliphatic rings. The van der Waals surface area contributed by atoms with Gasteiger partial charge in [-0.15, -0.1) is 0 Å². The molecule has 1 spiro atoms. The fraction of sp³-hybridized carbons (Fsp3) is 0.548. The van der Waals surface area contributed by atoms with Crippen molar-refractivity contribution in [2.24, 2.45) is 16.7 Å². The molecule has 8 heteroatoms. The van der Waals surface area contributed by atoms with Crippen molar-refractivity contribution in [3.63, 3.8) is 0 Å². The standard InChI is InChI=1S/C31H39N3O4S/c1-28(2)25-10-12-30(28,31(36,19-25)21-33-27(35)18-23-6-5-15-32-20-23)22-39(37,38)34-16-13-29(14-17-34)11-9-24-7-3-4-8-26(24)29/h3-9,11,15,20,25,36H,10,12-14,16-19,21-22H2,1-2H3,(H,33,35)/t25-,30+,31+/m1/s1. The van der Waals surface area contributed by atoms with Crippen molar-refractivity contribution in [3.8, 4) is 0 Å². The number of fused-ring (bicyclic) bond motifs is 4. The van der Waals surface area contributed by atoms with Crippen LogP contribution in [-0.4, -0.2) is 59.7 Å². The molecule has 0 unspecified atom stereocenters. The normalized spacial score (nSPS) is 30.5. The fourth-order valence-corrected chi connectivity index (χ4v) is 10.7. The molecule has 3 aliphatic carbocycles. The number of nitrogens with one attached hydrogen (secondary N) is 1. The number of piperidine rings is 1. The summed E-state index contributed by atoms with van der Waals surface area (Å²) in [5.74, 6) is -0.0586. The van der Waals surface area contributed by atoms with Crippen LogP contribution in [0.15, 0.2) is 54.9 Å². The van der Waals surface area contributed by atoms with Gasteiger partial charge >= 0.3 is 0 Å². The van der Waals surface area contributed by atoms with Crippen molar-refractivity contribution < 1.29 is 18.3 Å². The Bertz CT molecular complexity index is 1400. The minimum absolute atomic E-state index is 0.0617. The number of allylic oxidation sites excluding steroid dienone is 1. The van der Waals surface area contributed by atoms with Crippen molar-refractivity contribution in [2.75, 3.05) is 25.4 Å². The highest BCUT2D eigenvalue weighted by atomic mass is 32.2. The highest BCUT2D eigenvalue weighted by molar-refractivity contribution is 7.89. The highest BCUT2D eigenvalue weighted by Crippen LogP contribution is 2.70. The number of sulfonamides is 1. The smallest absolute Gasteiger partial charge is 0.224 e. The molecule has 2 bridgehead atoms. The quantitative estimate of drug-likeness (QED) is 0.549. The number of amides is 1. The van der Waals surface area contributed by atoms with E-state index in [2.05, 4.69) is 54.5 Å². The maximum absolute atomic E-state index is 14.0. The molecule has 1 saturated heterocycles. The van der Waals surface area contributed by atoms with E-state index >= 15 is 0 Å². The Kier molecular flexibility index (Phi) is 6.32. The van der Waals surface area contributed by atoms with Crippen LogP contribution >= 0.6 is 0 Å². The van der Waals surface area contributed by atoms with E-state index in [1.807, 2.05) is 12.1 Å². The molecule has 1 aromatic carbocycles. The molecule has 2 N–H and O–H groups in total. The Labute approximate surface area is 231 Å². The number of carbonyl (C=O) groups is 1. The van der Waals surface area contributed by atoms with Gasteiger partial charge in [0.05, 0.1) is 17.8 Å². The van der Waals surface area contributed by atoms with Crippen LogP contribution in [0.25, 0.3) is 6.08 Å². The van der Waals surface area contributed by atoms with E-state index in [1.165, 1.54) is 11.1 Å². The lowest BCUT2D eigenvalue weighted by Crippen LogP contribution is -2.60. The first-order valence-electron chi connectivity index (χ1n) is 14.2. The molecule has 2 aromatic rings. The van der Waals surface area contributed by atoms with Crippen LogP contribution < -0.4 is 5.32 Å². The molecule has 1 aliphatic heterocycles. The maximum atomic E-state index is 14.0. The third-order valence-electron chi connectivity index (χ3n) is 10.8. The minimum atomic E-state index is -3.64. The average molecular weight is 550 g/mol. The fourth-order valence-electron chi connectivity index (χ4n) is 8.35. The Hall–Kier alpha value is -2.55. The predicted molar refractivity (Wildman–Crippen MR) is 151 cm³/mol. The van der Waals surface area contributed by atoms with E-state index in [4.69, 9.17) is 0 Å². The number of aliphatic hydroxyl groups is 1. The topological polar surface area (TPSA) is 99.6 Å². The van der Waals surface area contributed by atoms with Crippen molar-refractivity contribution in [2.45, 2.75) is 63.4 Å². The minimum Gasteiger partial charge on any atom is -0.387 e. The lowest BCUT2D eigenvalue weighted by atomic mass is 9.64. The molecule has 39 heavy (non-hydrogen) atoms. The second-order valence-electron chi connectivity index (χ2n) is 12.8. The largest absolute Gasteiger partial charge is 0.387 e. The second kappa shape index (κ2) is 9.25. The van der Waals surface area contributed by atoms with E-state index < -0.39 is 21.0 Å². The Morgan fingerprint density at radius 3 is 2.62 bits per heavy atom. The first-order valence-corrected chi connectivity index (χ1v) is 15.8. The van der Waals surface area contributed by atoms with Crippen LogP contribution in [0.5, 0.6) is 0 Å². The molecule has 3 atom stereocenters. The summed E-state index contributed by atoms with van der Waals surface area (Å²) in [5.41, 5.74) is 0.787. The van der Waals surface area contributed by atoms with Gasteiger partial charge in [-0.2, -0.15) is 0 Å². The van der Waals surface area contributed by atoms with Crippen LogP contribution in [0.3, 0.4) is 0 Å².